The van der Waals surface area contributed by atoms with E-state index in [0.29, 0.717) is 12.0 Å². The third-order valence-electron chi connectivity index (χ3n) is 7.55. The van der Waals surface area contributed by atoms with Crippen molar-refractivity contribution in [2.45, 2.75) is 84.4 Å². The summed E-state index contributed by atoms with van der Waals surface area (Å²) < 4.78 is 8.69. The molecular formula is C25H35N3O. The van der Waals surface area contributed by atoms with Gasteiger partial charge in [0.15, 0.2) is 0 Å². The minimum Gasteiger partial charge on any atom is -0.490 e. The van der Waals surface area contributed by atoms with Crippen LogP contribution in [0.1, 0.15) is 73.3 Å². The van der Waals surface area contributed by atoms with Gasteiger partial charge in [0, 0.05) is 18.7 Å². The SMILES string of the molecule is Cc1nc(CN2CCC(c3cccc4c3OC(C)C4)CC2)n(CC2CCC2)c1C. The molecule has 156 valence electrons. The normalized spacial score (nSPS) is 23.1. The molecule has 1 atom stereocenters. The van der Waals surface area contributed by atoms with E-state index in [-0.39, 0.29) is 0 Å². The highest BCUT2D eigenvalue weighted by atomic mass is 16.5. The van der Waals surface area contributed by atoms with E-state index in [2.05, 4.69) is 48.4 Å². The van der Waals surface area contributed by atoms with E-state index < -0.39 is 0 Å². The Morgan fingerprint density at radius 3 is 2.62 bits per heavy atom. The molecule has 29 heavy (non-hydrogen) atoms. The third kappa shape index (κ3) is 3.72. The first-order chi connectivity index (χ1) is 14.1. The highest BCUT2D eigenvalue weighted by molar-refractivity contribution is 5.46. The van der Waals surface area contributed by atoms with E-state index in [9.17, 15) is 0 Å². The lowest BCUT2D eigenvalue weighted by atomic mass is 9.85. The molecule has 0 bridgehead atoms. The molecule has 4 nitrogen and oxygen atoms in total. The lowest BCUT2D eigenvalue weighted by Crippen LogP contribution is -2.34. The number of ether oxygens (including phenoxy) is 1. The van der Waals surface area contributed by atoms with Gasteiger partial charge in [0.1, 0.15) is 17.7 Å². The Hall–Kier alpha value is -1.81. The average Bonchev–Trinajstić information content (AvgIpc) is 3.18. The van der Waals surface area contributed by atoms with Crippen molar-refractivity contribution in [3.05, 3.63) is 46.5 Å². The van der Waals surface area contributed by atoms with Crippen LogP contribution in [0.25, 0.3) is 0 Å². The fraction of sp³-hybridized carbons (Fsp3) is 0.640. The molecule has 0 amide bonds. The van der Waals surface area contributed by atoms with Crippen molar-refractivity contribution in [3.63, 3.8) is 0 Å². The summed E-state index contributed by atoms with van der Waals surface area (Å²) in [4.78, 5) is 7.56. The maximum absolute atomic E-state index is 6.17. The van der Waals surface area contributed by atoms with Crippen LogP contribution in [0.5, 0.6) is 5.75 Å². The molecule has 0 N–H and O–H groups in total. The average molecular weight is 394 g/mol. The van der Waals surface area contributed by atoms with Gasteiger partial charge in [-0.05, 0) is 82.5 Å². The standard InChI is InChI=1S/C25H35N3O/c1-17-14-22-8-5-9-23(25(22)29-17)21-10-12-27(13-11-21)16-24-26-18(2)19(3)28(24)15-20-6-4-7-20/h5,8-9,17,20-21H,4,6-7,10-16H2,1-3H3. The van der Waals surface area contributed by atoms with Crippen molar-refractivity contribution in [1.82, 2.24) is 14.5 Å². The fourth-order valence-electron chi connectivity index (χ4n) is 5.41. The molecule has 1 aromatic carbocycles. The van der Waals surface area contributed by atoms with Crippen molar-refractivity contribution in [2.24, 2.45) is 5.92 Å². The molecule has 2 aliphatic heterocycles. The number of nitrogens with zero attached hydrogens (tertiary/aromatic N) is 3. The zero-order valence-corrected chi connectivity index (χ0v) is 18.3. The number of rotatable bonds is 5. The summed E-state index contributed by atoms with van der Waals surface area (Å²) in [6, 6.07) is 6.77. The van der Waals surface area contributed by atoms with E-state index in [4.69, 9.17) is 9.72 Å². The molecule has 0 radical (unpaired) electrons. The van der Waals surface area contributed by atoms with Gasteiger partial charge in [0.25, 0.3) is 0 Å². The summed E-state index contributed by atoms with van der Waals surface area (Å²) in [5.74, 6) is 3.97. The Kier molecular flexibility index (Phi) is 5.15. The number of benzene rings is 1. The summed E-state index contributed by atoms with van der Waals surface area (Å²) in [7, 11) is 0. The van der Waals surface area contributed by atoms with Crippen LogP contribution < -0.4 is 4.74 Å². The van der Waals surface area contributed by atoms with Crippen LogP contribution in [-0.2, 0) is 19.5 Å². The summed E-state index contributed by atoms with van der Waals surface area (Å²) >= 11 is 0. The van der Waals surface area contributed by atoms with Crippen LogP contribution in [-0.4, -0.2) is 33.6 Å². The molecule has 1 unspecified atom stereocenters. The van der Waals surface area contributed by atoms with Gasteiger partial charge in [-0.2, -0.15) is 0 Å². The van der Waals surface area contributed by atoms with E-state index in [1.54, 1.807) is 0 Å². The summed E-state index contributed by atoms with van der Waals surface area (Å²) in [5.41, 5.74) is 5.43. The van der Waals surface area contributed by atoms with Gasteiger partial charge in [-0.25, -0.2) is 4.98 Å². The lowest BCUT2D eigenvalue weighted by molar-refractivity contribution is 0.190. The zero-order valence-electron chi connectivity index (χ0n) is 18.3. The second-order valence-corrected chi connectivity index (χ2v) is 9.62. The van der Waals surface area contributed by atoms with Gasteiger partial charge in [-0.3, -0.25) is 4.90 Å². The topological polar surface area (TPSA) is 30.3 Å². The van der Waals surface area contributed by atoms with Crippen LogP contribution in [0.4, 0.5) is 0 Å². The Bertz CT molecular complexity index is 874. The zero-order chi connectivity index (χ0) is 20.0. The molecule has 2 fully saturated rings. The number of para-hydroxylation sites is 1. The summed E-state index contributed by atoms with van der Waals surface area (Å²) in [6.07, 6.45) is 8.02. The molecule has 1 saturated carbocycles. The van der Waals surface area contributed by atoms with E-state index in [1.165, 1.54) is 72.7 Å². The molecule has 1 aliphatic carbocycles. The number of fused-ring (bicyclic) bond motifs is 1. The van der Waals surface area contributed by atoms with Gasteiger partial charge >= 0.3 is 0 Å². The Balaban J connectivity index is 1.24. The second kappa shape index (κ2) is 7.79. The molecule has 3 heterocycles. The van der Waals surface area contributed by atoms with Gasteiger partial charge in [-0.1, -0.05) is 24.6 Å². The maximum Gasteiger partial charge on any atom is 0.126 e. The monoisotopic (exact) mass is 393 g/mol. The van der Waals surface area contributed by atoms with Crippen molar-refractivity contribution in [1.29, 1.82) is 0 Å². The van der Waals surface area contributed by atoms with E-state index >= 15 is 0 Å². The van der Waals surface area contributed by atoms with Crippen molar-refractivity contribution < 1.29 is 4.74 Å². The molecular weight excluding hydrogens is 358 g/mol. The first-order valence-electron chi connectivity index (χ1n) is 11.6. The fourth-order valence-corrected chi connectivity index (χ4v) is 5.41. The van der Waals surface area contributed by atoms with Crippen LogP contribution in [0.3, 0.4) is 0 Å². The van der Waals surface area contributed by atoms with E-state index in [1.807, 2.05) is 0 Å². The lowest BCUT2D eigenvalue weighted by Gasteiger charge is -2.33. The largest absolute Gasteiger partial charge is 0.490 e. The number of piperidine rings is 1. The van der Waals surface area contributed by atoms with Gasteiger partial charge < -0.3 is 9.30 Å². The Labute approximate surface area is 175 Å². The molecule has 5 rings (SSSR count). The number of aryl methyl sites for hydroxylation is 1. The molecule has 2 aromatic rings. The molecule has 1 aromatic heterocycles. The first kappa shape index (κ1) is 19.2. The van der Waals surface area contributed by atoms with Crippen LogP contribution in [0, 0.1) is 19.8 Å². The quantitative estimate of drug-likeness (QED) is 0.716. The molecule has 3 aliphatic rings. The highest BCUT2D eigenvalue weighted by Crippen LogP contribution is 2.40. The summed E-state index contributed by atoms with van der Waals surface area (Å²) in [6.45, 7) is 11.1. The molecule has 4 heteroatoms. The number of hydrogen-bond acceptors (Lipinski definition) is 3. The van der Waals surface area contributed by atoms with Crippen molar-refractivity contribution >= 4 is 0 Å². The highest BCUT2D eigenvalue weighted by Gasteiger charge is 2.29. The minimum atomic E-state index is 0.326. The second-order valence-electron chi connectivity index (χ2n) is 9.62. The summed E-state index contributed by atoms with van der Waals surface area (Å²) in [5, 5.41) is 0. The third-order valence-corrected chi connectivity index (χ3v) is 7.55. The predicted octanol–water partition coefficient (Wildman–Crippen LogP) is 5.00. The predicted molar refractivity (Wildman–Crippen MR) is 117 cm³/mol. The Morgan fingerprint density at radius 1 is 1.10 bits per heavy atom. The maximum atomic E-state index is 6.17. The minimum absolute atomic E-state index is 0.326. The van der Waals surface area contributed by atoms with E-state index in [0.717, 1.165) is 32.0 Å². The van der Waals surface area contributed by atoms with Crippen molar-refractivity contribution in [2.75, 3.05) is 13.1 Å². The van der Waals surface area contributed by atoms with Crippen LogP contribution in [0.2, 0.25) is 0 Å². The number of imidazole rings is 1. The molecule has 0 spiro atoms. The Morgan fingerprint density at radius 2 is 1.90 bits per heavy atom. The van der Waals surface area contributed by atoms with Crippen molar-refractivity contribution in [3.8, 4) is 5.75 Å². The van der Waals surface area contributed by atoms with Crippen LogP contribution >= 0.6 is 0 Å². The first-order valence-corrected chi connectivity index (χ1v) is 11.6. The van der Waals surface area contributed by atoms with Crippen LogP contribution in [0.15, 0.2) is 18.2 Å². The number of hydrogen-bond donors (Lipinski definition) is 0. The number of likely N-dealkylation sites (tertiary alicyclic amines) is 1. The smallest absolute Gasteiger partial charge is 0.126 e. The van der Waals surface area contributed by atoms with Gasteiger partial charge in [0.2, 0.25) is 0 Å². The molecule has 1 saturated heterocycles. The number of aromatic nitrogens is 2. The van der Waals surface area contributed by atoms with Gasteiger partial charge in [0.05, 0.1) is 12.2 Å². The van der Waals surface area contributed by atoms with Gasteiger partial charge in [-0.15, -0.1) is 0 Å².